The van der Waals surface area contributed by atoms with Gasteiger partial charge in [0.25, 0.3) is 0 Å². The van der Waals surface area contributed by atoms with Crippen molar-refractivity contribution >= 4 is 5.69 Å². The number of morpholine rings is 1. The highest BCUT2D eigenvalue weighted by Gasteiger charge is 2.22. The van der Waals surface area contributed by atoms with Crippen molar-refractivity contribution in [2.45, 2.75) is 19.6 Å². The largest absolute Gasteiger partial charge is 0.484 e. The molecule has 1 aromatic rings. The van der Waals surface area contributed by atoms with E-state index in [0.717, 1.165) is 25.2 Å². The summed E-state index contributed by atoms with van der Waals surface area (Å²) in [6.07, 6.45) is -0.0696. The summed E-state index contributed by atoms with van der Waals surface area (Å²) >= 11 is 0. The van der Waals surface area contributed by atoms with Crippen molar-refractivity contribution in [3.05, 3.63) is 33.9 Å². The Morgan fingerprint density at radius 1 is 1.57 bits per heavy atom. The van der Waals surface area contributed by atoms with Crippen LogP contribution in [0.25, 0.3) is 0 Å². The second kappa shape index (κ2) is 7.35. The molecule has 1 saturated heterocycles. The summed E-state index contributed by atoms with van der Waals surface area (Å²) in [6.45, 7) is 6.02. The Morgan fingerprint density at radius 3 is 3.05 bits per heavy atom. The van der Waals surface area contributed by atoms with E-state index in [-0.39, 0.29) is 17.5 Å². The molecule has 0 amide bonds. The molecular formula is C14H21N3O4. The van der Waals surface area contributed by atoms with Crippen LogP contribution in [-0.4, -0.2) is 48.8 Å². The van der Waals surface area contributed by atoms with Crippen LogP contribution in [0.4, 0.5) is 5.69 Å². The molecule has 1 unspecified atom stereocenters. The van der Waals surface area contributed by atoms with Crippen molar-refractivity contribution in [1.29, 1.82) is 0 Å². The van der Waals surface area contributed by atoms with Crippen molar-refractivity contribution in [1.82, 2.24) is 4.90 Å². The number of hydrogen-bond acceptors (Lipinski definition) is 6. The van der Waals surface area contributed by atoms with Gasteiger partial charge in [-0.25, -0.2) is 0 Å². The molecule has 1 aromatic carbocycles. The van der Waals surface area contributed by atoms with Crippen molar-refractivity contribution < 1.29 is 14.4 Å². The minimum Gasteiger partial charge on any atom is -0.484 e. The predicted octanol–water partition coefficient (Wildman–Crippen LogP) is 1.15. The lowest BCUT2D eigenvalue weighted by Crippen LogP contribution is -2.44. The average molecular weight is 295 g/mol. The van der Waals surface area contributed by atoms with Crippen LogP contribution in [0.15, 0.2) is 18.2 Å². The summed E-state index contributed by atoms with van der Waals surface area (Å²) in [5, 5.41) is 11.0. The normalized spacial score (nSPS) is 19.4. The molecule has 0 aliphatic carbocycles. The lowest BCUT2D eigenvalue weighted by atomic mass is 10.2. The molecule has 0 bridgehead atoms. The maximum atomic E-state index is 11.0. The van der Waals surface area contributed by atoms with Crippen LogP contribution in [-0.2, 0) is 11.3 Å². The number of nitro benzene ring substituents is 1. The molecule has 116 valence electrons. The number of benzene rings is 1. The van der Waals surface area contributed by atoms with Gasteiger partial charge in [-0.15, -0.1) is 0 Å². The predicted molar refractivity (Wildman–Crippen MR) is 78.3 cm³/mol. The van der Waals surface area contributed by atoms with Crippen LogP contribution in [0.1, 0.15) is 12.5 Å². The van der Waals surface area contributed by atoms with E-state index in [0.29, 0.717) is 19.8 Å². The van der Waals surface area contributed by atoms with Crippen LogP contribution in [0, 0.1) is 10.1 Å². The fraction of sp³-hybridized carbons (Fsp3) is 0.571. The number of rotatable bonds is 6. The van der Waals surface area contributed by atoms with Crippen molar-refractivity contribution in [2.75, 3.05) is 32.8 Å². The van der Waals surface area contributed by atoms with E-state index in [9.17, 15) is 10.1 Å². The number of nitrogens with two attached hydrogens (primary N) is 1. The third-order valence-electron chi connectivity index (χ3n) is 3.55. The first-order chi connectivity index (χ1) is 10.1. The first-order valence-corrected chi connectivity index (χ1v) is 7.08. The zero-order valence-corrected chi connectivity index (χ0v) is 12.2. The molecule has 2 rings (SSSR count). The number of nitrogens with zero attached hydrogens (tertiary/aromatic N) is 2. The van der Waals surface area contributed by atoms with Crippen molar-refractivity contribution in [2.24, 2.45) is 5.73 Å². The summed E-state index contributed by atoms with van der Waals surface area (Å²) in [4.78, 5) is 12.8. The number of likely N-dealkylation sites (N-methyl/N-ethyl adjacent to an activating group) is 1. The van der Waals surface area contributed by atoms with E-state index >= 15 is 0 Å². The van der Waals surface area contributed by atoms with Gasteiger partial charge >= 0.3 is 5.69 Å². The highest BCUT2D eigenvalue weighted by Crippen LogP contribution is 2.28. The molecule has 1 heterocycles. The van der Waals surface area contributed by atoms with E-state index in [2.05, 4.69) is 11.8 Å². The molecule has 1 aliphatic heterocycles. The van der Waals surface area contributed by atoms with Gasteiger partial charge in [0.05, 0.1) is 11.5 Å². The second-order valence-corrected chi connectivity index (χ2v) is 4.96. The zero-order chi connectivity index (χ0) is 15.2. The van der Waals surface area contributed by atoms with Crippen LogP contribution in [0.2, 0.25) is 0 Å². The molecule has 1 atom stereocenters. The first-order valence-electron chi connectivity index (χ1n) is 7.08. The van der Waals surface area contributed by atoms with Gasteiger partial charge in [0.1, 0.15) is 12.7 Å². The van der Waals surface area contributed by atoms with E-state index < -0.39 is 4.92 Å². The summed E-state index contributed by atoms with van der Waals surface area (Å²) in [5.74, 6) is 0.250. The minimum atomic E-state index is -0.449. The van der Waals surface area contributed by atoms with E-state index in [1.807, 2.05) is 0 Å². The monoisotopic (exact) mass is 295 g/mol. The summed E-state index contributed by atoms with van der Waals surface area (Å²) in [7, 11) is 0. The Labute approximate surface area is 123 Å². The molecular weight excluding hydrogens is 274 g/mol. The van der Waals surface area contributed by atoms with Crippen molar-refractivity contribution in [3.8, 4) is 5.75 Å². The molecule has 1 aliphatic rings. The fourth-order valence-corrected chi connectivity index (χ4v) is 2.30. The number of ether oxygens (including phenoxy) is 2. The summed E-state index contributed by atoms with van der Waals surface area (Å²) < 4.78 is 11.3. The van der Waals surface area contributed by atoms with Crippen LogP contribution in [0.5, 0.6) is 5.75 Å². The Balaban J connectivity index is 2.02. The van der Waals surface area contributed by atoms with Crippen LogP contribution < -0.4 is 10.5 Å². The Hall–Kier alpha value is -1.70. The van der Waals surface area contributed by atoms with Gasteiger partial charge in [-0.3, -0.25) is 15.0 Å². The lowest BCUT2D eigenvalue weighted by molar-refractivity contribution is -0.386. The Morgan fingerprint density at radius 2 is 2.38 bits per heavy atom. The molecule has 7 heteroatoms. The molecule has 7 nitrogen and oxygen atoms in total. The molecule has 0 spiro atoms. The fourth-order valence-electron chi connectivity index (χ4n) is 2.30. The third kappa shape index (κ3) is 4.13. The maximum Gasteiger partial charge on any atom is 0.310 e. The maximum absolute atomic E-state index is 11.0. The van der Waals surface area contributed by atoms with Gasteiger partial charge in [-0.2, -0.15) is 0 Å². The summed E-state index contributed by atoms with van der Waals surface area (Å²) in [6, 6.07) is 4.69. The van der Waals surface area contributed by atoms with E-state index in [4.69, 9.17) is 15.2 Å². The Bertz CT molecular complexity index is 495. The second-order valence-electron chi connectivity index (χ2n) is 4.96. The SMILES string of the molecule is CCN1CCOC(COc2cc(CN)ccc2[N+](=O)[O-])C1. The third-order valence-corrected chi connectivity index (χ3v) is 3.55. The van der Waals surface area contributed by atoms with E-state index in [1.165, 1.54) is 6.07 Å². The standard InChI is InChI=1S/C14H21N3O4/c1-2-16-5-6-20-12(9-16)10-21-14-7-11(8-15)3-4-13(14)17(18)19/h3-4,7,12H,2,5-6,8-10,15H2,1H3. The van der Waals surface area contributed by atoms with Gasteiger partial charge in [0, 0.05) is 25.7 Å². The van der Waals surface area contributed by atoms with Gasteiger partial charge in [0.2, 0.25) is 0 Å². The molecule has 0 aromatic heterocycles. The molecule has 21 heavy (non-hydrogen) atoms. The topological polar surface area (TPSA) is 90.9 Å². The average Bonchev–Trinajstić information content (AvgIpc) is 2.52. The first kappa shape index (κ1) is 15.7. The van der Waals surface area contributed by atoms with Gasteiger partial charge in [-0.05, 0) is 18.2 Å². The molecule has 0 saturated carbocycles. The Kier molecular flexibility index (Phi) is 5.49. The van der Waals surface area contributed by atoms with Crippen LogP contribution in [0.3, 0.4) is 0 Å². The van der Waals surface area contributed by atoms with Crippen LogP contribution >= 0.6 is 0 Å². The van der Waals surface area contributed by atoms with Gasteiger partial charge in [-0.1, -0.05) is 13.0 Å². The van der Waals surface area contributed by atoms with Gasteiger partial charge in [0.15, 0.2) is 5.75 Å². The van der Waals surface area contributed by atoms with Crippen molar-refractivity contribution in [3.63, 3.8) is 0 Å². The van der Waals surface area contributed by atoms with Gasteiger partial charge < -0.3 is 15.2 Å². The highest BCUT2D eigenvalue weighted by molar-refractivity contribution is 5.48. The lowest BCUT2D eigenvalue weighted by Gasteiger charge is -2.31. The van der Waals surface area contributed by atoms with E-state index in [1.54, 1.807) is 12.1 Å². The zero-order valence-electron chi connectivity index (χ0n) is 12.2. The molecule has 1 fully saturated rings. The molecule has 2 N–H and O–H groups in total. The summed E-state index contributed by atoms with van der Waals surface area (Å²) in [5.41, 5.74) is 6.32. The smallest absolute Gasteiger partial charge is 0.310 e. The number of hydrogen-bond donors (Lipinski definition) is 1. The number of nitro groups is 1. The quantitative estimate of drug-likeness (QED) is 0.625. The minimum absolute atomic E-state index is 0.0460. The highest BCUT2D eigenvalue weighted by atomic mass is 16.6. The molecule has 0 radical (unpaired) electrons.